The van der Waals surface area contributed by atoms with E-state index in [2.05, 4.69) is 0 Å². The Morgan fingerprint density at radius 1 is 1.32 bits per heavy atom. The fourth-order valence-electron chi connectivity index (χ4n) is 1.71. The Labute approximate surface area is 113 Å². The number of rotatable bonds is 5. The Morgan fingerprint density at radius 3 is 2.21 bits per heavy atom. The van der Waals surface area contributed by atoms with E-state index in [1.54, 1.807) is 27.7 Å². The molecule has 1 aliphatic carbocycles. The lowest BCUT2D eigenvalue weighted by molar-refractivity contribution is -0.148. The molecule has 1 amide bonds. The molecule has 1 N–H and O–H groups in total. The number of carboxylic acids is 1. The van der Waals surface area contributed by atoms with Gasteiger partial charge >= 0.3 is 12.1 Å². The van der Waals surface area contributed by atoms with Crippen molar-refractivity contribution in [3.8, 4) is 0 Å². The summed E-state index contributed by atoms with van der Waals surface area (Å²) < 4.78 is 10.7. The average Bonchev–Trinajstić information content (AvgIpc) is 2.98. The lowest BCUT2D eigenvalue weighted by Crippen LogP contribution is -2.51. The Morgan fingerprint density at radius 2 is 1.84 bits per heavy atom. The highest BCUT2D eigenvalue weighted by Gasteiger charge is 2.37. The number of aliphatic carboxylic acids is 1. The topological polar surface area (TPSA) is 76.1 Å². The first-order valence-electron chi connectivity index (χ1n) is 6.46. The van der Waals surface area contributed by atoms with Crippen LogP contribution in [0, 0.1) is 0 Å². The number of hydrogen-bond acceptors (Lipinski definition) is 4. The molecule has 0 bridgehead atoms. The third-order valence-electron chi connectivity index (χ3n) is 2.73. The molecule has 0 aromatic carbocycles. The number of likely N-dealkylation sites (N-methyl/N-ethyl adjacent to an activating group) is 1. The van der Waals surface area contributed by atoms with Crippen LogP contribution in [0.2, 0.25) is 0 Å². The third kappa shape index (κ3) is 5.06. The molecule has 19 heavy (non-hydrogen) atoms. The van der Waals surface area contributed by atoms with Crippen molar-refractivity contribution in [1.29, 1.82) is 0 Å². The predicted octanol–water partition coefficient (Wildman–Crippen LogP) is 1.87. The van der Waals surface area contributed by atoms with Crippen molar-refractivity contribution < 1.29 is 24.2 Å². The van der Waals surface area contributed by atoms with Crippen LogP contribution in [0.4, 0.5) is 4.79 Å². The summed E-state index contributed by atoms with van der Waals surface area (Å²) in [6.45, 7) is 6.87. The highest BCUT2D eigenvalue weighted by Crippen LogP contribution is 2.26. The summed E-state index contributed by atoms with van der Waals surface area (Å²) in [6.07, 6.45) is 0.803. The van der Waals surface area contributed by atoms with Gasteiger partial charge in [-0.15, -0.1) is 0 Å². The van der Waals surface area contributed by atoms with Crippen LogP contribution in [0.5, 0.6) is 0 Å². The molecule has 1 aliphatic rings. The number of hydrogen-bond donors (Lipinski definition) is 1. The molecular formula is C13H23NO5. The summed E-state index contributed by atoms with van der Waals surface area (Å²) in [5.41, 5.74) is -0.658. The SMILES string of the molecule is C[C@@H](OC1CC1)[C@@H](C(=O)O)N(C)C(=O)OC(C)(C)C. The molecule has 1 saturated carbocycles. The molecule has 0 aliphatic heterocycles. The minimum atomic E-state index is -1.10. The van der Waals surface area contributed by atoms with Crippen LogP contribution < -0.4 is 0 Å². The lowest BCUT2D eigenvalue weighted by atomic mass is 10.1. The summed E-state index contributed by atoms with van der Waals surface area (Å²) in [5, 5.41) is 9.27. The van der Waals surface area contributed by atoms with Gasteiger partial charge < -0.3 is 14.6 Å². The highest BCUT2D eigenvalue weighted by atomic mass is 16.6. The molecular weight excluding hydrogens is 250 g/mol. The fourth-order valence-corrected chi connectivity index (χ4v) is 1.71. The van der Waals surface area contributed by atoms with E-state index in [9.17, 15) is 14.7 Å². The van der Waals surface area contributed by atoms with Crippen LogP contribution in [0.1, 0.15) is 40.5 Å². The number of carboxylic acid groups (broad SMARTS) is 1. The molecule has 0 radical (unpaired) electrons. The van der Waals surface area contributed by atoms with Crippen LogP contribution >= 0.6 is 0 Å². The van der Waals surface area contributed by atoms with Crippen LogP contribution in [-0.4, -0.2) is 53.0 Å². The first-order chi connectivity index (χ1) is 8.61. The zero-order valence-corrected chi connectivity index (χ0v) is 12.2. The molecule has 1 fully saturated rings. The highest BCUT2D eigenvalue weighted by molar-refractivity contribution is 5.80. The zero-order chi connectivity index (χ0) is 14.8. The number of nitrogens with zero attached hydrogens (tertiary/aromatic N) is 1. The molecule has 0 spiro atoms. The predicted molar refractivity (Wildman–Crippen MR) is 69.0 cm³/mol. The summed E-state index contributed by atoms with van der Waals surface area (Å²) in [6, 6.07) is -1.05. The maximum absolute atomic E-state index is 11.9. The van der Waals surface area contributed by atoms with Gasteiger partial charge in [-0.2, -0.15) is 0 Å². The van der Waals surface area contributed by atoms with Gasteiger partial charge in [0.2, 0.25) is 0 Å². The molecule has 0 aromatic heterocycles. The van der Waals surface area contributed by atoms with E-state index in [0.29, 0.717) is 0 Å². The Balaban J connectivity index is 2.68. The summed E-state index contributed by atoms with van der Waals surface area (Å²) in [5.74, 6) is -1.10. The summed E-state index contributed by atoms with van der Waals surface area (Å²) >= 11 is 0. The van der Waals surface area contributed by atoms with Crippen molar-refractivity contribution in [3.05, 3.63) is 0 Å². The van der Waals surface area contributed by atoms with Crippen LogP contribution in [0.3, 0.4) is 0 Å². The van der Waals surface area contributed by atoms with E-state index >= 15 is 0 Å². The van der Waals surface area contributed by atoms with Crippen molar-refractivity contribution in [2.75, 3.05) is 7.05 Å². The van der Waals surface area contributed by atoms with Gasteiger partial charge in [-0.25, -0.2) is 9.59 Å². The largest absolute Gasteiger partial charge is 0.480 e. The van der Waals surface area contributed by atoms with Gasteiger partial charge in [0.1, 0.15) is 5.60 Å². The Kier molecular flexibility index (Phi) is 4.79. The first kappa shape index (κ1) is 15.8. The van der Waals surface area contributed by atoms with Crippen molar-refractivity contribution in [3.63, 3.8) is 0 Å². The molecule has 0 saturated heterocycles. The van der Waals surface area contributed by atoms with E-state index in [-0.39, 0.29) is 6.10 Å². The quantitative estimate of drug-likeness (QED) is 0.827. The van der Waals surface area contributed by atoms with Gasteiger partial charge in [-0.05, 0) is 40.5 Å². The number of ether oxygens (including phenoxy) is 2. The van der Waals surface area contributed by atoms with Crippen LogP contribution in [0.15, 0.2) is 0 Å². The van der Waals surface area contributed by atoms with E-state index < -0.39 is 29.8 Å². The van der Waals surface area contributed by atoms with Gasteiger partial charge in [-0.1, -0.05) is 0 Å². The minimum absolute atomic E-state index is 0.129. The second-order valence-electron chi connectivity index (χ2n) is 5.91. The molecule has 110 valence electrons. The van der Waals surface area contributed by atoms with Crippen molar-refractivity contribution in [2.24, 2.45) is 0 Å². The lowest BCUT2D eigenvalue weighted by Gasteiger charge is -2.31. The van der Waals surface area contributed by atoms with Crippen LogP contribution in [-0.2, 0) is 14.3 Å². The molecule has 0 aromatic rings. The number of carbonyl (C=O) groups excluding carboxylic acids is 1. The van der Waals surface area contributed by atoms with E-state index in [4.69, 9.17) is 9.47 Å². The smallest absolute Gasteiger partial charge is 0.410 e. The number of carbonyl (C=O) groups is 2. The molecule has 0 heterocycles. The minimum Gasteiger partial charge on any atom is -0.480 e. The third-order valence-corrected chi connectivity index (χ3v) is 2.73. The van der Waals surface area contributed by atoms with E-state index in [1.165, 1.54) is 7.05 Å². The molecule has 2 atom stereocenters. The van der Waals surface area contributed by atoms with Crippen molar-refractivity contribution >= 4 is 12.1 Å². The second kappa shape index (κ2) is 5.77. The zero-order valence-electron chi connectivity index (χ0n) is 12.2. The summed E-state index contributed by atoms with van der Waals surface area (Å²) in [4.78, 5) is 24.3. The van der Waals surface area contributed by atoms with E-state index in [1.807, 2.05) is 0 Å². The Hall–Kier alpha value is -1.30. The molecule has 6 heteroatoms. The average molecular weight is 273 g/mol. The normalized spacial score (nSPS) is 18.6. The molecule has 1 rings (SSSR count). The van der Waals surface area contributed by atoms with Crippen LogP contribution in [0.25, 0.3) is 0 Å². The van der Waals surface area contributed by atoms with Crippen molar-refractivity contribution in [1.82, 2.24) is 4.90 Å². The van der Waals surface area contributed by atoms with E-state index in [0.717, 1.165) is 17.7 Å². The number of amides is 1. The Bertz CT molecular complexity index is 345. The maximum Gasteiger partial charge on any atom is 0.410 e. The first-order valence-corrected chi connectivity index (χ1v) is 6.46. The second-order valence-corrected chi connectivity index (χ2v) is 5.91. The molecule has 6 nitrogen and oxygen atoms in total. The summed E-state index contributed by atoms with van der Waals surface area (Å²) in [7, 11) is 1.42. The maximum atomic E-state index is 11.9. The van der Waals surface area contributed by atoms with Gasteiger partial charge in [-0.3, -0.25) is 4.90 Å². The standard InChI is InChI=1S/C13H23NO5/c1-8(18-9-6-7-9)10(11(15)16)14(5)12(17)19-13(2,3)4/h8-10H,6-7H2,1-5H3,(H,15,16)/t8-,10+/m1/s1. The molecule has 0 unspecified atom stereocenters. The van der Waals surface area contributed by atoms with Gasteiger partial charge in [0.25, 0.3) is 0 Å². The van der Waals surface area contributed by atoms with Crippen molar-refractivity contribution in [2.45, 2.75) is 64.4 Å². The monoisotopic (exact) mass is 273 g/mol. The van der Waals surface area contributed by atoms with Gasteiger partial charge in [0.05, 0.1) is 12.2 Å². The van der Waals surface area contributed by atoms with Gasteiger partial charge in [0.15, 0.2) is 6.04 Å². The fraction of sp³-hybridized carbons (Fsp3) is 0.846. The van der Waals surface area contributed by atoms with Gasteiger partial charge in [0, 0.05) is 7.05 Å².